The number of hydrogen-bond donors (Lipinski definition) is 1. The highest BCUT2D eigenvalue weighted by Crippen LogP contribution is 2.34. The smallest absolute Gasteiger partial charge is 0.330 e. The second kappa shape index (κ2) is 3.34. The molecule has 7 nitrogen and oxygen atoms in total. The van der Waals surface area contributed by atoms with Crippen molar-refractivity contribution in [2.24, 2.45) is 0 Å². The van der Waals surface area contributed by atoms with Crippen molar-refractivity contribution in [1.82, 2.24) is 15.0 Å². The zero-order valence-electron chi connectivity index (χ0n) is 8.95. The number of aromatic nitrogens is 3. The van der Waals surface area contributed by atoms with E-state index in [0.29, 0.717) is 22.5 Å². The topological polar surface area (TPSA) is 86.5 Å². The first kappa shape index (κ1) is 9.88. The molecule has 1 aromatic carbocycles. The molecule has 1 aromatic heterocycles. The van der Waals surface area contributed by atoms with Crippen LogP contribution in [0.4, 0.5) is 0 Å². The molecule has 0 saturated carbocycles. The normalized spacial score (nSPS) is 15.1. The van der Waals surface area contributed by atoms with Crippen LogP contribution in [0.3, 0.4) is 0 Å². The average Bonchev–Trinajstić information content (AvgIpc) is 2.88. The van der Waals surface area contributed by atoms with Gasteiger partial charge in [-0.15, -0.1) is 0 Å². The molecule has 0 radical (unpaired) electrons. The third-order valence-electron chi connectivity index (χ3n) is 2.59. The number of nitrogens with zero attached hydrogens (tertiary/aromatic N) is 3. The molecule has 0 aliphatic carbocycles. The van der Waals surface area contributed by atoms with E-state index in [0.717, 1.165) is 0 Å². The monoisotopic (exact) mass is 235 g/mol. The summed E-state index contributed by atoms with van der Waals surface area (Å²) >= 11 is 0. The summed E-state index contributed by atoms with van der Waals surface area (Å²) in [6, 6.07) is 2.57. The molecule has 0 amide bonds. The van der Waals surface area contributed by atoms with Crippen LogP contribution < -0.4 is 9.47 Å². The Bertz CT molecular complexity index is 566. The van der Waals surface area contributed by atoms with Gasteiger partial charge in [-0.3, -0.25) is 0 Å². The van der Waals surface area contributed by atoms with E-state index in [-0.39, 0.29) is 6.79 Å². The number of hydrogen-bond acceptors (Lipinski definition) is 5. The van der Waals surface area contributed by atoms with E-state index >= 15 is 0 Å². The van der Waals surface area contributed by atoms with Crippen LogP contribution in [-0.2, 0) is 4.79 Å². The van der Waals surface area contributed by atoms with Crippen molar-refractivity contribution >= 4 is 17.0 Å². The predicted octanol–water partition coefficient (Wildman–Crippen LogP) is 0.806. The van der Waals surface area contributed by atoms with Crippen molar-refractivity contribution in [3.63, 3.8) is 0 Å². The molecule has 1 unspecified atom stereocenters. The summed E-state index contributed by atoms with van der Waals surface area (Å²) in [5.74, 6) is 0.227. The molecular weight excluding hydrogens is 226 g/mol. The van der Waals surface area contributed by atoms with E-state index in [2.05, 4.69) is 10.2 Å². The van der Waals surface area contributed by atoms with Gasteiger partial charge in [-0.05, 0) is 6.92 Å². The number of carboxylic acid groups (broad SMARTS) is 1. The fourth-order valence-electron chi connectivity index (χ4n) is 1.60. The number of aliphatic carboxylic acids is 1. The quantitative estimate of drug-likeness (QED) is 0.828. The van der Waals surface area contributed by atoms with Gasteiger partial charge in [-0.2, -0.15) is 15.0 Å². The Labute approximate surface area is 95.5 Å². The minimum Gasteiger partial charge on any atom is -0.480 e. The average molecular weight is 235 g/mol. The van der Waals surface area contributed by atoms with Crippen LogP contribution in [0, 0.1) is 0 Å². The predicted molar refractivity (Wildman–Crippen MR) is 56.0 cm³/mol. The molecule has 88 valence electrons. The summed E-state index contributed by atoms with van der Waals surface area (Å²) in [4.78, 5) is 12.0. The molecule has 0 saturated heterocycles. The molecule has 2 aromatic rings. The first-order valence-corrected chi connectivity index (χ1v) is 5.04. The summed E-state index contributed by atoms with van der Waals surface area (Å²) < 4.78 is 10.4. The van der Waals surface area contributed by atoms with Gasteiger partial charge in [0.05, 0.1) is 0 Å². The van der Waals surface area contributed by atoms with Gasteiger partial charge >= 0.3 is 5.97 Å². The van der Waals surface area contributed by atoms with Crippen molar-refractivity contribution in [3.8, 4) is 11.5 Å². The van der Waals surface area contributed by atoms with E-state index in [1.165, 1.54) is 11.7 Å². The minimum absolute atomic E-state index is 0.188. The van der Waals surface area contributed by atoms with Gasteiger partial charge in [-0.1, -0.05) is 0 Å². The van der Waals surface area contributed by atoms with E-state index in [1.54, 1.807) is 12.1 Å². The van der Waals surface area contributed by atoms with Gasteiger partial charge in [0.1, 0.15) is 11.0 Å². The Balaban J connectivity index is 2.11. The molecule has 1 aliphatic rings. The molecule has 17 heavy (non-hydrogen) atoms. The molecule has 7 heteroatoms. The second-order valence-electron chi connectivity index (χ2n) is 3.73. The lowest BCUT2D eigenvalue weighted by Gasteiger charge is -2.02. The third-order valence-corrected chi connectivity index (χ3v) is 2.59. The van der Waals surface area contributed by atoms with Crippen LogP contribution in [-0.4, -0.2) is 32.9 Å². The number of carbonyl (C=O) groups is 1. The lowest BCUT2D eigenvalue weighted by atomic mass is 10.3. The van der Waals surface area contributed by atoms with Gasteiger partial charge in [0.25, 0.3) is 0 Å². The highest BCUT2D eigenvalue weighted by Gasteiger charge is 2.20. The largest absolute Gasteiger partial charge is 0.480 e. The standard InChI is InChI=1S/C10H9N3O4/c1-5(10(14)15)13-11-6-2-8-9(17-4-16-8)3-7(6)12-13/h2-3,5H,4H2,1H3,(H,14,15). The van der Waals surface area contributed by atoms with E-state index in [1.807, 2.05) is 0 Å². The molecule has 1 aliphatic heterocycles. The van der Waals surface area contributed by atoms with Crippen LogP contribution in [0.1, 0.15) is 13.0 Å². The summed E-state index contributed by atoms with van der Waals surface area (Å²) in [7, 11) is 0. The first-order chi connectivity index (χ1) is 8.15. The Hall–Kier alpha value is -2.31. The Morgan fingerprint density at radius 2 is 1.88 bits per heavy atom. The number of rotatable bonds is 2. The van der Waals surface area contributed by atoms with Crippen LogP contribution in [0.15, 0.2) is 12.1 Å². The maximum absolute atomic E-state index is 10.8. The number of ether oxygens (including phenoxy) is 2. The Morgan fingerprint density at radius 1 is 1.35 bits per heavy atom. The zero-order chi connectivity index (χ0) is 12.0. The van der Waals surface area contributed by atoms with Crippen molar-refractivity contribution in [2.45, 2.75) is 13.0 Å². The van der Waals surface area contributed by atoms with Gasteiger partial charge in [0.2, 0.25) is 6.79 Å². The number of fused-ring (bicyclic) bond motifs is 2. The molecule has 0 bridgehead atoms. The highest BCUT2D eigenvalue weighted by atomic mass is 16.7. The van der Waals surface area contributed by atoms with Crippen molar-refractivity contribution in [2.75, 3.05) is 6.79 Å². The molecule has 1 N–H and O–H groups in total. The van der Waals surface area contributed by atoms with Gasteiger partial charge < -0.3 is 14.6 Å². The van der Waals surface area contributed by atoms with E-state index in [9.17, 15) is 4.79 Å². The van der Waals surface area contributed by atoms with Crippen molar-refractivity contribution < 1.29 is 19.4 Å². The lowest BCUT2D eigenvalue weighted by Crippen LogP contribution is -2.17. The van der Waals surface area contributed by atoms with E-state index in [4.69, 9.17) is 14.6 Å². The maximum atomic E-state index is 10.8. The SMILES string of the molecule is CC(C(=O)O)n1nc2cc3c(cc2n1)OCO3. The fourth-order valence-corrected chi connectivity index (χ4v) is 1.60. The van der Waals surface area contributed by atoms with Gasteiger partial charge in [-0.25, -0.2) is 4.79 Å². The van der Waals surface area contributed by atoms with Crippen LogP contribution in [0.2, 0.25) is 0 Å². The Morgan fingerprint density at radius 3 is 2.35 bits per heavy atom. The first-order valence-electron chi connectivity index (χ1n) is 5.04. The van der Waals surface area contributed by atoms with Crippen LogP contribution in [0.5, 0.6) is 11.5 Å². The number of benzene rings is 1. The van der Waals surface area contributed by atoms with Crippen molar-refractivity contribution in [1.29, 1.82) is 0 Å². The minimum atomic E-state index is -0.981. The molecule has 3 rings (SSSR count). The van der Waals surface area contributed by atoms with Gasteiger partial charge in [0, 0.05) is 12.1 Å². The molecule has 0 fully saturated rings. The molecular formula is C10H9N3O4. The molecule has 0 spiro atoms. The summed E-state index contributed by atoms with van der Waals surface area (Å²) in [5, 5.41) is 17.1. The lowest BCUT2D eigenvalue weighted by molar-refractivity contribution is -0.140. The summed E-state index contributed by atoms with van der Waals surface area (Å²) in [6.07, 6.45) is 0. The fraction of sp³-hybridized carbons (Fsp3) is 0.300. The van der Waals surface area contributed by atoms with Gasteiger partial charge in [0.15, 0.2) is 17.5 Å². The molecule has 2 heterocycles. The highest BCUT2D eigenvalue weighted by molar-refractivity contribution is 5.79. The van der Waals surface area contributed by atoms with Crippen LogP contribution >= 0.6 is 0 Å². The maximum Gasteiger partial charge on any atom is 0.330 e. The van der Waals surface area contributed by atoms with Crippen molar-refractivity contribution in [3.05, 3.63) is 12.1 Å². The summed E-state index contributed by atoms with van der Waals surface area (Å²) in [5.41, 5.74) is 1.17. The number of carboxylic acids is 1. The second-order valence-corrected chi connectivity index (χ2v) is 3.73. The summed E-state index contributed by atoms with van der Waals surface area (Å²) in [6.45, 7) is 1.70. The van der Waals surface area contributed by atoms with E-state index < -0.39 is 12.0 Å². The van der Waals surface area contributed by atoms with Crippen LogP contribution in [0.25, 0.3) is 11.0 Å². The third kappa shape index (κ3) is 1.47. The molecule has 1 atom stereocenters. The Kier molecular flexibility index (Phi) is 1.94. The zero-order valence-corrected chi connectivity index (χ0v) is 8.95.